The summed E-state index contributed by atoms with van der Waals surface area (Å²) in [4.78, 5) is 31.2. The number of carbonyl (C=O) groups excluding carboxylic acids is 2. The summed E-state index contributed by atoms with van der Waals surface area (Å²) in [7, 11) is -2.36. The van der Waals surface area contributed by atoms with Gasteiger partial charge in [-0.05, 0) is 35.1 Å². The number of ether oxygens (including phenoxy) is 2. The van der Waals surface area contributed by atoms with Crippen molar-refractivity contribution in [1.82, 2.24) is 9.55 Å². The smallest absolute Gasteiger partial charge is 0.355 e. The zero-order valence-corrected chi connectivity index (χ0v) is 24.0. The van der Waals surface area contributed by atoms with Crippen molar-refractivity contribution >= 4 is 31.8 Å². The van der Waals surface area contributed by atoms with E-state index in [1.165, 1.54) is 0 Å². The Morgan fingerprint density at radius 1 is 1.32 bits per heavy atom. The maximum Gasteiger partial charge on any atom is 0.355 e. The van der Waals surface area contributed by atoms with Gasteiger partial charge in [-0.15, -0.1) is 0 Å². The van der Waals surface area contributed by atoms with Gasteiger partial charge < -0.3 is 24.9 Å². The van der Waals surface area contributed by atoms with E-state index in [-0.39, 0.29) is 30.7 Å². The van der Waals surface area contributed by atoms with Crippen LogP contribution in [0.1, 0.15) is 50.9 Å². The zero-order chi connectivity index (χ0) is 27.6. The second-order valence-corrected chi connectivity index (χ2v) is 16.7. The molecule has 3 N–H and O–H groups in total. The molecule has 0 amide bonds. The number of imidazole rings is 1. The highest BCUT2D eigenvalue weighted by molar-refractivity contribution is 6.81. The fourth-order valence-corrected chi connectivity index (χ4v) is 9.92. The normalized spacial score (nSPS) is 23.1. The Morgan fingerprint density at radius 2 is 2.03 bits per heavy atom. The summed E-state index contributed by atoms with van der Waals surface area (Å²) in [6, 6.07) is 8.13. The van der Waals surface area contributed by atoms with E-state index in [2.05, 4.69) is 46.0 Å². The van der Waals surface area contributed by atoms with Crippen molar-refractivity contribution in [3.8, 4) is 0 Å². The quantitative estimate of drug-likeness (QED) is 0.368. The molecule has 38 heavy (non-hydrogen) atoms. The Balaban J connectivity index is 1.79. The second kappa shape index (κ2) is 9.23. The predicted molar refractivity (Wildman–Crippen MR) is 147 cm³/mol. The lowest BCUT2D eigenvalue weighted by molar-refractivity contribution is -0.181. The number of aliphatic hydroxyl groups excluding tert-OH is 1. The summed E-state index contributed by atoms with van der Waals surface area (Å²) < 4.78 is 14.1. The predicted octanol–water partition coefficient (Wildman–Crippen LogP) is 2.46. The summed E-state index contributed by atoms with van der Waals surface area (Å²) in [5.74, 6) is -0.869. The van der Waals surface area contributed by atoms with Gasteiger partial charge in [0.1, 0.15) is 30.4 Å². The minimum atomic E-state index is -2.36. The van der Waals surface area contributed by atoms with Crippen LogP contribution in [0.25, 0.3) is 11.8 Å². The number of carbonyl (C=O) groups is 2. The molecule has 0 radical (unpaired) electrons. The molecule has 202 valence electrons. The van der Waals surface area contributed by atoms with Crippen LogP contribution in [0.2, 0.25) is 18.6 Å². The van der Waals surface area contributed by atoms with Crippen molar-refractivity contribution in [2.45, 2.75) is 77.0 Å². The maximum atomic E-state index is 13.8. The molecule has 0 spiro atoms. The van der Waals surface area contributed by atoms with E-state index < -0.39 is 31.3 Å². The molecular weight excluding hydrogens is 498 g/mol. The molecule has 1 aliphatic carbocycles. The molecule has 0 saturated heterocycles. The van der Waals surface area contributed by atoms with Crippen molar-refractivity contribution in [2.24, 2.45) is 11.7 Å². The van der Waals surface area contributed by atoms with Crippen LogP contribution in [0.5, 0.6) is 0 Å². The van der Waals surface area contributed by atoms with E-state index in [0.29, 0.717) is 34.7 Å². The first-order valence-electron chi connectivity index (χ1n) is 13.4. The molecule has 3 unspecified atom stereocenters. The van der Waals surface area contributed by atoms with Crippen molar-refractivity contribution in [3.05, 3.63) is 63.1 Å². The summed E-state index contributed by atoms with van der Waals surface area (Å²) in [5, 5.41) is 12.7. The van der Waals surface area contributed by atoms with Gasteiger partial charge in [-0.25, -0.2) is 9.78 Å². The van der Waals surface area contributed by atoms with Gasteiger partial charge in [0, 0.05) is 17.6 Å². The lowest BCUT2D eigenvalue weighted by Gasteiger charge is -2.47. The van der Waals surface area contributed by atoms with E-state index in [1.54, 1.807) is 6.92 Å². The minimum absolute atomic E-state index is 0.0587. The number of hydrogen-bond donors (Lipinski definition) is 2. The van der Waals surface area contributed by atoms with Crippen LogP contribution in [-0.2, 0) is 32.0 Å². The molecule has 3 heterocycles. The number of fused-ring (bicyclic) bond motifs is 4. The van der Waals surface area contributed by atoms with Crippen molar-refractivity contribution in [1.29, 1.82) is 0 Å². The Hall–Kier alpha value is -3.17. The number of rotatable bonds is 6. The first-order chi connectivity index (χ1) is 18.0. The van der Waals surface area contributed by atoms with Crippen molar-refractivity contribution in [2.75, 3.05) is 6.54 Å². The molecule has 0 saturated carbocycles. The minimum Gasteiger partial charge on any atom is -0.505 e. The van der Waals surface area contributed by atoms with Gasteiger partial charge in [-0.1, -0.05) is 65.1 Å². The van der Waals surface area contributed by atoms with Crippen LogP contribution in [0.3, 0.4) is 0 Å². The third kappa shape index (κ3) is 3.78. The largest absolute Gasteiger partial charge is 0.505 e. The SMILES string of the molecule is CCC1(OC(=O)CN)C(=O)OC([Si](C)(C)C(C)C(C)C)C2=C1Cc1nc3n(c1=C2O)Cc1ccccc1C=3. The third-order valence-electron chi connectivity index (χ3n) is 8.99. The second-order valence-electron chi connectivity index (χ2n) is 11.6. The number of nitrogens with two attached hydrogens (primary N) is 1. The highest BCUT2D eigenvalue weighted by Crippen LogP contribution is 2.47. The fourth-order valence-electron chi connectivity index (χ4n) is 6.26. The molecule has 2 aromatic rings. The number of benzene rings is 1. The number of esters is 2. The molecule has 2 aliphatic heterocycles. The lowest BCUT2D eigenvalue weighted by atomic mass is 9.79. The van der Waals surface area contributed by atoms with E-state index in [9.17, 15) is 14.7 Å². The topological polar surface area (TPSA) is 117 Å². The van der Waals surface area contributed by atoms with E-state index >= 15 is 0 Å². The van der Waals surface area contributed by atoms with Crippen LogP contribution < -0.4 is 16.6 Å². The van der Waals surface area contributed by atoms with Crippen LogP contribution in [0.15, 0.2) is 35.4 Å². The third-order valence-corrected chi connectivity index (χ3v) is 13.8. The molecule has 0 fully saturated rings. The van der Waals surface area contributed by atoms with Gasteiger partial charge in [0.15, 0.2) is 0 Å². The monoisotopic (exact) mass is 535 g/mol. The number of nitrogens with zero attached hydrogens (tertiary/aromatic N) is 2. The molecule has 0 bridgehead atoms. The summed E-state index contributed by atoms with van der Waals surface area (Å²) in [5.41, 5.74) is 8.40. The standard InChI is InChI=1S/C29H37N3O5Si/c1-7-29(37-23(33)14-30)20-13-21-25(32-15-19-11-9-8-10-18(19)12-22(32)31-21)26(34)24(20)27(36-28(29)35)38(5,6)17(4)16(2)3/h8-12,16-17,27,34H,7,13-15,30H2,1-6H3. The van der Waals surface area contributed by atoms with Gasteiger partial charge in [-0.3, -0.25) is 4.79 Å². The Labute approximate surface area is 223 Å². The first kappa shape index (κ1) is 26.4. The molecule has 9 heteroatoms. The Bertz CT molecular complexity index is 1490. The number of cyclic esters (lactones) is 1. The summed E-state index contributed by atoms with van der Waals surface area (Å²) >= 11 is 0. The van der Waals surface area contributed by atoms with Crippen LogP contribution >= 0.6 is 0 Å². The van der Waals surface area contributed by atoms with Gasteiger partial charge in [0.25, 0.3) is 0 Å². The summed E-state index contributed by atoms with van der Waals surface area (Å²) in [6.45, 7) is 12.9. The number of hydrogen-bond acceptors (Lipinski definition) is 7. The van der Waals surface area contributed by atoms with E-state index in [1.807, 2.05) is 22.8 Å². The molecule has 1 aromatic heterocycles. The van der Waals surface area contributed by atoms with Crippen LogP contribution in [-0.4, -0.2) is 52.5 Å². The molecule has 3 atom stereocenters. The average Bonchev–Trinajstić information content (AvgIpc) is 3.25. The fraction of sp³-hybridized carbons (Fsp3) is 0.483. The van der Waals surface area contributed by atoms with E-state index in [0.717, 1.165) is 16.6 Å². The Kier molecular flexibility index (Phi) is 6.42. The molecular formula is C29H37N3O5Si. The van der Waals surface area contributed by atoms with Crippen LogP contribution in [0.4, 0.5) is 0 Å². The zero-order valence-electron chi connectivity index (χ0n) is 23.0. The number of aliphatic hydroxyl groups is 1. The molecule has 5 rings (SSSR count). The first-order valence-corrected chi connectivity index (χ1v) is 16.6. The van der Waals surface area contributed by atoms with Crippen LogP contribution in [0, 0.1) is 5.92 Å². The van der Waals surface area contributed by atoms with Crippen molar-refractivity contribution < 1.29 is 24.2 Å². The van der Waals surface area contributed by atoms with Crippen molar-refractivity contribution in [3.63, 3.8) is 0 Å². The summed E-state index contributed by atoms with van der Waals surface area (Å²) in [6.07, 6.45) is 2.46. The Morgan fingerprint density at radius 3 is 2.68 bits per heavy atom. The molecule has 8 nitrogen and oxygen atoms in total. The molecule has 1 aromatic carbocycles. The van der Waals surface area contributed by atoms with E-state index in [4.69, 9.17) is 20.2 Å². The maximum absolute atomic E-state index is 13.8. The van der Waals surface area contributed by atoms with Gasteiger partial charge in [0.05, 0.1) is 18.8 Å². The highest BCUT2D eigenvalue weighted by Gasteiger charge is 2.58. The number of aromatic nitrogens is 2. The average molecular weight is 536 g/mol. The molecule has 3 aliphatic rings. The lowest BCUT2D eigenvalue weighted by Crippen LogP contribution is -2.60. The van der Waals surface area contributed by atoms with Gasteiger partial charge in [0.2, 0.25) is 5.60 Å². The highest BCUT2D eigenvalue weighted by atomic mass is 28.3. The van der Waals surface area contributed by atoms with Gasteiger partial charge in [-0.2, -0.15) is 0 Å². The van der Waals surface area contributed by atoms with Gasteiger partial charge >= 0.3 is 11.9 Å².